The summed E-state index contributed by atoms with van der Waals surface area (Å²) in [5.74, 6) is -1.35. The first-order chi connectivity index (χ1) is 13.0. The molecule has 2 atom stereocenters. The first-order valence-electron chi connectivity index (χ1n) is 8.37. The molecule has 28 heavy (non-hydrogen) atoms. The van der Waals surface area contributed by atoms with Gasteiger partial charge in [-0.2, -0.15) is 0 Å². The number of amides is 1. The molecule has 1 aliphatic rings. The van der Waals surface area contributed by atoms with Gasteiger partial charge in [0.25, 0.3) is 5.91 Å². The third kappa shape index (κ3) is 5.37. The van der Waals surface area contributed by atoms with Crippen molar-refractivity contribution < 1.29 is 19.4 Å². The molecule has 1 aliphatic heterocycles. The second kappa shape index (κ2) is 10.1. The molecule has 0 saturated carbocycles. The molecule has 0 radical (unpaired) electrons. The van der Waals surface area contributed by atoms with Crippen LogP contribution in [0.3, 0.4) is 0 Å². The quantitative estimate of drug-likeness (QED) is 0.670. The Labute approximate surface area is 178 Å². The highest BCUT2D eigenvalue weighted by molar-refractivity contribution is 6.42. The van der Waals surface area contributed by atoms with Gasteiger partial charge in [-0.3, -0.25) is 4.79 Å². The van der Waals surface area contributed by atoms with Crippen molar-refractivity contribution in [3.63, 3.8) is 0 Å². The number of carboxylic acid groups (broad SMARTS) is 1. The van der Waals surface area contributed by atoms with Gasteiger partial charge in [-0.25, -0.2) is 4.79 Å². The molecule has 3 rings (SSSR count). The van der Waals surface area contributed by atoms with Gasteiger partial charge in [-0.1, -0.05) is 29.3 Å². The Morgan fingerprint density at radius 2 is 1.75 bits per heavy atom. The number of hydrogen-bond donors (Lipinski definition) is 3. The van der Waals surface area contributed by atoms with E-state index in [1.165, 1.54) is 24.3 Å². The number of aromatic carboxylic acids is 1. The van der Waals surface area contributed by atoms with E-state index in [1.807, 2.05) is 6.07 Å². The molecule has 3 N–H and O–H groups in total. The highest BCUT2D eigenvalue weighted by Gasteiger charge is 2.28. The summed E-state index contributed by atoms with van der Waals surface area (Å²) < 4.78 is 5.93. The lowest BCUT2D eigenvalue weighted by Crippen LogP contribution is -2.44. The van der Waals surface area contributed by atoms with Crippen molar-refractivity contribution in [1.29, 1.82) is 0 Å². The normalized spacial score (nSPS) is 19.2. The summed E-state index contributed by atoms with van der Waals surface area (Å²) in [4.78, 5) is 23.6. The molecule has 0 aliphatic carbocycles. The van der Waals surface area contributed by atoms with Crippen LogP contribution in [-0.4, -0.2) is 42.7 Å². The van der Waals surface area contributed by atoms with Crippen molar-refractivity contribution in [3.05, 3.63) is 69.2 Å². The molecule has 6 nitrogen and oxygen atoms in total. The monoisotopic (exact) mass is 444 g/mol. The van der Waals surface area contributed by atoms with Crippen molar-refractivity contribution in [1.82, 2.24) is 10.6 Å². The average Bonchev–Trinajstić information content (AvgIpc) is 2.89. The van der Waals surface area contributed by atoms with Crippen LogP contribution in [0.15, 0.2) is 42.5 Å². The number of nitrogens with one attached hydrogen (secondary N) is 2. The zero-order valence-corrected chi connectivity index (χ0v) is 17.0. The van der Waals surface area contributed by atoms with Crippen LogP contribution in [0.5, 0.6) is 0 Å². The van der Waals surface area contributed by atoms with E-state index < -0.39 is 12.1 Å². The van der Waals surface area contributed by atoms with Crippen molar-refractivity contribution in [2.75, 3.05) is 19.7 Å². The Balaban J connectivity index is 0.00000280. The predicted molar refractivity (Wildman–Crippen MR) is 110 cm³/mol. The summed E-state index contributed by atoms with van der Waals surface area (Å²) in [5.41, 5.74) is 1.32. The van der Waals surface area contributed by atoms with Crippen LogP contribution in [0, 0.1) is 0 Å². The lowest BCUT2D eigenvalue weighted by atomic mass is 10.0. The fourth-order valence-electron chi connectivity index (χ4n) is 2.90. The van der Waals surface area contributed by atoms with Crippen molar-refractivity contribution in [2.24, 2.45) is 0 Å². The molecule has 0 bridgehead atoms. The van der Waals surface area contributed by atoms with Gasteiger partial charge in [0.2, 0.25) is 0 Å². The van der Waals surface area contributed by atoms with Crippen LogP contribution in [0.2, 0.25) is 10.0 Å². The van der Waals surface area contributed by atoms with Gasteiger partial charge in [-0.15, -0.1) is 12.4 Å². The van der Waals surface area contributed by atoms with E-state index in [9.17, 15) is 9.59 Å². The minimum Gasteiger partial charge on any atom is -0.478 e. The zero-order chi connectivity index (χ0) is 19.4. The molecule has 1 heterocycles. The Bertz CT molecular complexity index is 846. The molecule has 2 aromatic rings. The van der Waals surface area contributed by atoms with E-state index in [1.54, 1.807) is 12.1 Å². The van der Waals surface area contributed by atoms with E-state index >= 15 is 0 Å². The summed E-state index contributed by atoms with van der Waals surface area (Å²) in [6.07, 6.45) is -0.392. The first kappa shape index (κ1) is 22.5. The topological polar surface area (TPSA) is 87.7 Å². The van der Waals surface area contributed by atoms with E-state index in [0.717, 1.165) is 5.56 Å². The smallest absolute Gasteiger partial charge is 0.335 e. The number of ether oxygens (including phenoxy) is 1. The minimum atomic E-state index is -1.04. The highest BCUT2D eigenvalue weighted by Crippen LogP contribution is 2.29. The largest absolute Gasteiger partial charge is 0.478 e. The summed E-state index contributed by atoms with van der Waals surface area (Å²) >= 11 is 12.1. The Hall–Kier alpha value is -1.83. The Morgan fingerprint density at radius 3 is 2.39 bits per heavy atom. The number of hydrogen-bond acceptors (Lipinski definition) is 4. The van der Waals surface area contributed by atoms with Gasteiger partial charge in [0.15, 0.2) is 0 Å². The number of carbonyl (C=O) groups is 2. The molecular formula is C19H19Cl3N2O4. The maximum Gasteiger partial charge on any atom is 0.335 e. The summed E-state index contributed by atoms with van der Waals surface area (Å²) in [6, 6.07) is 10.7. The van der Waals surface area contributed by atoms with Gasteiger partial charge in [-0.05, 0) is 42.0 Å². The molecule has 9 heteroatoms. The Kier molecular flexibility index (Phi) is 8.10. The van der Waals surface area contributed by atoms with Gasteiger partial charge < -0.3 is 20.5 Å². The molecule has 150 valence electrons. The van der Waals surface area contributed by atoms with E-state index in [0.29, 0.717) is 35.3 Å². The van der Waals surface area contributed by atoms with E-state index in [2.05, 4.69) is 10.6 Å². The average molecular weight is 446 g/mol. The molecule has 0 spiro atoms. The summed E-state index contributed by atoms with van der Waals surface area (Å²) in [7, 11) is 0. The minimum absolute atomic E-state index is 0. The third-order valence-corrected chi connectivity index (χ3v) is 5.03. The molecule has 0 aromatic heterocycles. The van der Waals surface area contributed by atoms with Crippen LogP contribution in [0.25, 0.3) is 0 Å². The molecule has 1 amide bonds. The first-order valence-corrected chi connectivity index (χ1v) is 9.13. The summed E-state index contributed by atoms with van der Waals surface area (Å²) in [6.45, 7) is 1.67. The van der Waals surface area contributed by atoms with Gasteiger partial charge in [0, 0.05) is 18.7 Å². The maximum atomic E-state index is 12.6. The lowest BCUT2D eigenvalue weighted by Gasteiger charge is -2.26. The second-order valence-electron chi connectivity index (χ2n) is 6.13. The lowest BCUT2D eigenvalue weighted by molar-refractivity contribution is 0.0417. The van der Waals surface area contributed by atoms with Crippen LogP contribution in [0.1, 0.15) is 32.4 Å². The molecule has 2 aromatic carbocycles. The van der Waals surface area contributed by atoms with Crippen molar-refractivity contribution >= 4 is 47.5 Å². The Morgan fingerprint density at radius 1 is 1.07 bits per heavy atom. The standard InChI is InChI=1S/C19H18Cl2N2O4.ClH/c20-14-6-5-13(9-15(14)21)17-16(10-22-7-8-27-17)23-18(24)11-1-3-12(4-2-11)19(25)26;/h1-6,9,16-17,22H,7-8,10H2,(H,23,24)(H,25,26);1H/t16-,17+;/m1./s1. The molecule has 1 fully saturated rings. The van der Waals surface area contributed by atoms with Crippen molar-refractivity contribution in [2.45, 2.75) is 12.1 Å². The highest BCUT2D eigenvalue weighted by atomic mass is 35.5. The molecule has 0 unspecified atom stereocenters. The molecular weight excluding hydrogens is 427 g/mol. The van der Waals surface area contributed by atoms with Crippen LogP contribution in [-0.2, 0) is 4.74 Å². The predicted octanol–water partition coefficient (Wildman–Crippen LogP) is 3.57. The van der Waals surface area contributed by atoms with E-state index in [4.69, 9.17) is 33.0 Å². The maximum absolute atomic E-state index is 12.6. The fourth-order valence-corrected chi connectivity index (χ4v) is 3.21. The third-order valence-electron chi connectivity index (χ3n) is 4.29. The second-order valence-corrected chi connectivity index (χ2v) is 6.95. The SMILES string of the molecule is Cl.O=C(O)c1ccc(C(=O)N[C@@H]2CNCCO[C@H]2c2ccc(Cl)c(Cl)c2)cc1. The fraction of sp³-hybridized carbons (Fsp3) is 0.263. The zero-order valence-electron chi connectivity index (χ0n) is 14.7. The van der Waals surface area contributed by atoms with Crippen LogP contribution >= 0.6 is 35.6 Å². The number of rotatable bonds is 4. The number of halogens is 3. The summed E-state index contributed by atoms with van der Waals surface area (Å²) in [5, 5.41) is 16.0. The number of carboxylic acids is 1. The van der Waals surface area contributed by atoms with Gasteiger partial charge in [0.1, 0.15) is 6.10 Å². The van der Waals surface area contributed by atoms with Crippen LogP contribution < -0.4 is 10.6 Å². The van der Waals surface area contributed by atoms with Gasteiger partial charge >= 0.3 is 5.97 Å². The number of carbonyl (C=O) groups excluding carboxylic acids is 1. The number of benzene rings is 2. The van der Waals surface area contributed by atoms with Crippen LogP contribution in [0.4, 0.5) is 0 Å². The van der Waals surface area contributed by atoms with Gasteiger partial charge in [0.05, 0.1) is 28.3 Å². The van der Waals surface area contributed by atoms with Crippen molar-refractivity contribution in [3.8, 4) is 0 Å². The van der Waals surface area contributed by atoms with E-state index in [-0.39, 0.29) is 29.9 Å². The molecule has 1 saturated heterocycles.